The van der Waals surface area contributed by atoms with E-state index in [1.165, 1.54) is 34.0 Å². The number of alkyl halides is 2. The van der Waals surface area contributed by atoms with Crippen LogP contribution in [-0.2, 0) is 54.3 Å². The Balaban J connectivity index is 0.000000242. The Hall–Kier alpha value is -8.33. The number of esters is 2. The monoisotopic (exact) mass is 1580 g/mol. The van der Waals surface area contributed by atoms with Crippen molar-refractivity contribution in [1.82, 2.24) is 0 Å². The van der Waals surface area contributed by atoms with Crippen LogP contribution in [0, 0.1) is 23.7 Å². The van der Waals surface area contributed by atoms with E-state index >= 15 is 0 Å². The Morgan fingerprint density at radius 3 is 1.07 bits per heavy atom. The Morgan fingerprint density at radius 2 is 0.750 bits per heavy atom. The highest BCUT2D eigenvalue weighted by Gasteiger charge is 2.29. The lowest BCUT2D eigenvalue weighted by Crippen LogP contribution is -2.26. The van der Waals surface area contributed by atoms with Gasteiger partial charge in [0.1, 0.15) is 37.3 Å². The maximum atomic E-state index is 13.1. The molecule has 0 saturated carbocycles. The molecule has 0 bridgehead atoms. The van der Waals surface area contributed by atoms with Crippen LogP contribution in [0.4, 0.5) is 15.0 Å². The van der Waals surface area contributed by atoms with E-state index in [1.54, 1.807) is 60.8 Å². The zero-order chi connectivity index (χ0) is 76.6. The highest BCUT2D eigenvalue weighted by molar-refractivity contribution is 7.16. The summed E-state index contributed by atoms with van der Waals surface area (Å²) in [6.45, 7) is 16.3. The second-order valence-corrected chi connectivity index (χ2v) is 30.1. The summed E-state index contributed by atoms with van der Waals surface area (Å²) in [7, 11) is 0. The number of nitrogen functional groups attached to an aromatic ring is 1. The van der Waals surface area contributed by atoms with Gasteiger partial charge in [-0.15, -0.1) is 57.2 Å². The minimum atomic E-state index is -1.08. The summed E-state index contributed by atoms with van der Waals surface area (Å²) in [4.78, 5) is 83.6. The molecule has 104 heavy (non-hydrogen) atoms. The average Bonchev–Trinajstić information content (AvgIpc) is 1.65. The van der Waals surface area contributed by atoms with Crippen molar-refractivity contribution in [2.45, 2.75) is 99.7 Å². The molecule has 7 aromatic carbocycles. The van der Waals surface area contributed by atoms with Crippen LogP contribution in [0.3, 0.4) is 0 Å². The first-order valence-electron chi connectivity index (χ1n) is 32.8. The molecule has 2 amide bonds. The number of halogens is 6. The lowest BCUT2D eigenvalue weighted by molar-refractivity contribution is -0.141. The van der Waals surface area contributed by atoms with Gasteiger partial charge in [0.05, 0.1) is 17.4 Å². The van der Waals surface area contributed by atoms with Gasteiger partial charge in [0.15, 0.2) is 0 Å². The topological polar surface area (TPSA) is 228 Å². The molecule has 4 atom stereocenters. The zero-order valence-electron chi connectivity index (χ0n) is 58.8. The average molecular weight is 1580 g/mol. The number of carboxylic acid groups (broad SMARTS) is 2. The van der Waals surface area contributed by atoms with Gasteiger partial charge in [0.2, 0.25) is 17.1 Å². The minimum Gasteiger partial charge on any atom is -0.481 e. The van der Waals surface area contributed by atoms with E-state index in [2.05, 4.69) is 10.6 Å². The predicted molar refractivity (Wildman–Crippen MR) is 431 cm³/mol. The number of benzene rings is 7. The fraction of sp³-hybridized carbons (Fsp3) is 0.247. The van der Waals surface area contributed by atoms with Gasteiger partial charge in [0.25, 0.3) is 0 Å². The number of aliphatic carboxylic acids is 1. The van der Waals surface area contributed by atoms with Gasteiger partial charge in [-0.05, 0) is 147 Å². The van der Waals surface area contributed by atoms with Crippen LogP contribution in [0.5, 0.6) is 0 Å². The van der Waals surface area contributed by atoms with Crippen molar-refractivity contribution in [2.75, 3.05) is 21.7 Å². The lowest BCUT2D eigenvalue weighted by Gasteiger charge is -2.20. The molecule has 0 aliphatic rings. The van der Waals surface area contributed by atoms with Gasteiger partial charge in [-0.3, -0.25) is 19.2 Å². The number of nitrogens with one attached hydrogen (secondary N) is 2. The number of amides is 2. The highest BCUT2D eigenvalue weighted by Crippen LogP contribution is 2.40. The number of anilines is 3. The molecule has 6 N–H and O–H groups in total. The SMILES string of the molecule is CC(C)OC(=O)c1c(-c2ccc(Cl)cc2)csc1N.CC(Cc1ccccc1)C(=O)Cl.CC(Cc1ccccc1)C(=O)Nc1scc(-c2ccc(Cl)cc2)c1C(=O)O.CC(Cc1ccccc1)C(=O)Nc1scc(-c2ccc(Cl)cc2)c1C(=O)OC(C)(C)C.CC(Cc1ccccc1)C(=O)O.ClCCl. The molecular formula is C81H83Cl6N3O11S3. The fourth-order valence-corrected chi connectivity index (χ4v) is 12.9. The quantitative estimate of drug-likeness (QED) is 0.0257. The van der Waals surface area contributed by atoms with Crippen LogP contribution in [0.2, 0.25) is 15.1 Å². The third-order valence-corrected chi connectivity index (χ3v) is 18.7. The number of hydrogen-bond acceptors (Lipinski definition) is 13. The van der Waals surface area contributed by atoms with Gasteiger partial charge in [0, 0.05) is 65.7 Å². The summed E-state index contributed by atoms with van der Waals surface area (Å²) in [5.41, 5.74) is 15.0. The van der Waals surface area contributed by atoms with E-state index in [4.69, 9.17) is 89.9 Å². The van der Waals surface area contributed by atoms with E-state index < -0.39 is 29.5 Å². The van der Waals surface area contributed by atoms with E-state index in [0.29, 0.717) is 71.6 Å². The first-order valence-corrected chi connectivity index (χ1v) is 38.0. The molecule has 3 aromatic heterocycles. The van der Waals surface area contributed by atoms with Crippen molar-refractivity contribution in [3.63, 3.8) is 0 Å². The lowest BCUT2D eigenvalue weighted by atomic mass is 10.00. The first-order chi connectivity index (χ1) is 49.4. The number of carbonyl (C=O) groups is 7. The second kappa shape index (κ2) is 43.8. The molecule has 4 unspecified atom stereocenters. The number of aromatic carboxylic acids is 1. The second-order valence-electron chi connectivity index (χ2n) is 25.0. The van der Waals surface area contributed by atoms with Crippen LogP contribution in [0.1, 0.15) is 116 Å². The summed E-state index contributed by atoms with van der Waals surface area (Å²) in [5.74, 6) is -3.94. The Bertz CT molecular complexity index is 4290. The standard InChI is InChI=1S/C25H26ClNO3S.C21H18ClNO3S.C14H14ClNO2S.C10H11ClO.C10H12O2.CH2Cl2/c1-16(14-17-8-6-5-7-9-17)22(28)27-23-21(24(29)30-25(2,3)4)20(15-31-23)18-10-12-19(26)13-11-18;1-13(11-14-5-3-2-4-6-14)19(24)23-20-18(21(25)26)17(12-27-20)15-7-9-16(22)10-8-15;1-8(2)18-14(17)12-11(7-19-13(12)16)9-3-5-10(15)6-4-9;2*1-8(10(11)12)7-9-5-3-2-4-6-9;2-1-3/h5-13,15-16H,14H2,1-4H3,(H,27,28);2-10,12-13H,11H2,1H3,(H,23,24)(H,25,26);3-8H,16H2,1-2H3;2-6,8H,7H2,1H3;2-6,8H,7H2,1H3,(H,11,12);1H2. The molecule has 10 rings (SSSR count). The number of nitrogens with two attached hydrogens (primary N) is 1. The molecular weight excluding hydrogens is 1500 g/mol. The molecule has 0 radical (unpaired) electrons. The summed E-state index contributed by atoms with van der Waals surface area (Å²) < 4.78 is 10.9. The molecule has 0 saturated heterocycles. The molecule has 0 aliphatic heterocycles. The molecule has 3 heterocycles. The van der Waals surface area contributed by atoms with Crippen molar-refractivity contribution in [2.24, 2.45) is 23.7 Å². The number of hydrogen-bond donors (Lipinski definition) is 5. The van der Waals surface area contributed by atoms with Crippen LogP contribution < -0.4 is 16.4 Å². The molecule has 23 heteroatoms. The van der Waals surface area contributed by atoms with Gasteiger partial charge >= 0.3 is 23.9 Å². The van der Waals surface area contributed by atoms with E-state index in [0.717, 1.165) is 50.9 Å². The van der Waals surface area contributed by atoms with Crippen LogP contribution in [0.25, 0.3) is 33.4 Å². The third-order valence-electron chi connectivity index (χ3n) is 14.9. The third kappa shape index (κ3) is 29.3. The van der Waals surface area contributed by atoms with Crippen molar-refractivity contribution < 1.29 is 53.2 Å². The fourth-order valence-electron chi connectivity index (χ4n) is 9.72. The minimum absolute atomic E-state index is 0.0888. The van der Waals surface area contributed by atoms with E-state index in [-0.39, 0.29) is 57.7 Å². The highest BCUT2D eigenvalue weighted by atomic mass is 35.5. The van der Waals surface area contributed by atoms with E-state index in [9.17, 15) is 38.7 Å². The van der Waals surface area contributed by atoms with Crippen molar-refractivity contribution >= 4 is 160 Å². The number of ether oxygens (including phenoxy) is 2. The van der Waals surface area contributed by atoms with Crippen molar-refractivity contribution in [3.8, 4) is 33.4 Å². The molecule has 0 aliphatic carbocycles. The first kappa shape index (κ1) is 86.3. The molecule has 548 valence electrons. The van der Waals surface area contributed by atoms with Gasteiger partial charge in [-0.1, -0.05) is 220 Å². The van der Waals surface area contributed by atoms with Gasteiger partial charge in [-0.25, -0.2) is 14.4 Å². The number of carboxylic acids is 2. The maximum Gasteiger partial charge on any atom is 0.342 e. The summed E-state index contributed by atoms with van der Waals surface area (Å²) >= 11 is 36.5. The van der Waals surface area contributed by atoms with Crippen LogP contribution in [0.15, 0.2) is 210 Å². The molecule has 14 nitrogen and oxygen atoms in total. The molecule has 10 aromatic rings. The Kier molecular flexibility index (Phi) is 36.4. The number of carbonyl (C=O) groups excluding carboxylic acids is 5. The summed E-state index contributed by atoms with van der Waals surface area (Å²) in [5, 5.41) is 32.6. The summed E-state index contributed by atoms with van der Waals surface area (Å²) in [6, 6.07) is 60.6. The zero-order valence-corrected chi connectivity index (χ0v) is 65.8. The van der Waals surface area contributed by atoms with Crippen LogP contribution in [-0.4, -0.2) is 68.2 Å². The summed E-state index contributed by atoms with van der Waals surface area (Å²) in [6.07, 6.45) is 2.36. The Labute approximate surface area is 650 Å². The van der Waals surface area contributed by atoms with Crippen LogP contribution >= 0.6 is 104 Å². The van der Waals surface area contributed by atoms with Gasteiger partial charge in [-0.2, -0.15) is 0 Å². The Morgan fingerprint density at radius 1 is 0.442 bits per heavy atom. The normalized spacial score (nSPS) is 11.7. The number of rotatable bonds is 21. The molecule has 0 spiro atoms. The maximum absolute atomic E-state index is 13.1. The predicted octanol–water partition coefficient (Wildman–Crippen LogP) is 22.6. The van der Waals surface area contributed by atoms with Crippen molar-refractivity contribution in [3.05, 3.63) is 264 Å². The molecule has 0 fully saturated rings. The largest absolute Gasteiger partial charge is 0.481 e. The smallest absolute Gasteiger partial charge is 0.342 e. The van der Waals surface area contributed by atoms with Gasteiger partial charge < -0.3 is 36.1 Å². The van der Waals surface area contributed by atoms with Crippen molar-refractivity contribution in [1.29, 1.82) is 0 Å². The van der Waals surface area contributed by atoms with E-state index in [1.807, 2.05) is 212 Å². The number of thiophene rings is 3.